The van der Waals surface area contributed by atoms with Gasteiger partial charge in [-0.05, 0) is 85.5 Å². The molecule has 2 aromatic heterocycles. The summed E-state index contributed by atoms with van der Waals surface area (Å²) >= 11 is 0. The zero-order chi connectivity index (χ0) is 31.4. The number of benzene rings is 2. The number of carbonyl (C=O) groups is 2. The molecule has 2 saturated carbocycles. The van der Waals surface area contributed by atoms with Crippen molar-refractivity contribution in [2.75, 3.05) is 13.1 Å². The van der Waals surface area contributed by atoms with Crippen LogP contribution in [-0.4, -0.2) is 66.7 Å². The SMILES string of the molecule is N[C@H](C(=O)N1CCC[C@H]1c1ncc(-c2ccc(-c3ccc(-c4cnc([C@@H]5CCCN5C(=O)[C@@H](N)C5CC5)[nH]4)cc3)cc2)[nH]1)C1CC1. The first kappa shape index (κ1) is 29.1. The van der Waals surface area contributed by atoms with Crippen LogP contribution in [0.3, 0.4) is 0 Å². The Morgan fingerprint density at radius 1 is 0.609 bits per heavy atom. The average molecular weight is 619 g/mol. The number of aromatic amines is 2. The summed E-state index contributed by atoms with van der Waals surface area (Å²) in [5, 5.41) is 0. The molecule has 4 aliphatic rings. The fraction of sp³-hybridized carbons (Fsp3) is 0.444. The molecule has 4 heterocycles. The maximum atomic E-state index is 13.0. The van der Waals surface area contributed by atoms with Crippen LogP contribution in [0.5, 0.6) is 0 Å². The lowest BCUT2D eigenvalue weighted by atomic mass is 10.0. The minimum Gasteiger partial charge on any atom is -0.340 e. The number of rotatable bonds is 9. The smallest absolute Gasteiger partial charge is 0.240 e. The highest BCUT2D eigenvalue weighted by Crippen LogP contribution is 2.38. The summed E-state index contributed by atoms with van der Waals surface area (Å²) in [4.78, 5) is 46.2. The van der Waals surface area contributed by atoms with E-state index in [1.807, 2.05) is 22.2 Å². The van der Waals surface area contributed by atoms with Crippen molar-refractivity contribution < 1.29 is 9.59 Å². The quantitative estimate of drug-likeness (QED) is 0.209. The van der Waals surface area contributed by atoms with Crippen molar-refractivity contribution in [3.8, 4) is 33.6 Å². The number of hydrogen-bond acceptors (Lipinski definition) is 6. The topological polar surface area (TPSA) is 150 Å². The van der Waals surface area contributed by atoms with Gasteiger partial charge in [-0.25, -0.2) is 9.97 Å². The molecule has 2 amide bonds. The highest BCUT2D eigenvalue weighted by molar-refractivity contribution is 5.83. The Balaban J connectivity index is 0.927. The van der Waals surface area contributed by atoms with Crippen LogP contribution < -0.4 is 11.5 Å². The molecule has 0 unspecified atom stereocenters. The van der Waals surface area contributed by atoms with Crippen LogP contribution in [-0.2, 0) is 9.59 Å². The predicted molar refractivity (Wildman–Crippen MR) is 176 cm³/mol. The number of H-pyrrole nitrogens is 2. The maximum absolute atomic E-state index is 13.0. The van der Waals surface area contributed by atoms with Crippen molar-refractivity contribution in [2.24, 2.45) is 23.3 Å². The normalized spacial score (nSPS) is 22.7. The molecule has 10 nitrogen and oxygen atoms in total. The van der Waals surface area contributed by atoms with Gasteiger partial charge in [0.25, 0.3) is 0 Å². The molecule has 2 aliphatic heterocycles. The molecule has 2 aliphatic carbocycles. The molecule has 0 radical (unpaired) electrons. The van der Waals surface area contributed by atoms with Crippen molar-refractivity contribution in [1.82, 2.24) is 29.7 Å². The van der Waals surface area contributed by atoms with Gasteiger partial charge in [-0.3, -0.25) is 9.59 Å². The van der Waals surface area contributed by atoms with E-state index < -0.39 is 0 Å². The first-order chi connectivity index (χ1) is 22.4. The lowest BCUT2D eigenvalue weighted by molar-refractivity contribution is -0.134. The minimum atomic E-state index is -0.385. The van der Waals surface area contributed by atoms with Crippen LogP contribution in [0.15, 0.2) is 60.9 Å². The molecule has 2 saturated heterocycles. The van der Waals surface area contributed by atoms with Gasteiger partial charge in [-0.1, -0.05) is 48.5 Å². The van der Waals surface area contributed by atoms with E-state index in [0.29, 0.717) is 11.8 Å². The lowest BCUT2D eigenvalue weighted by Crippen LogP contribution is -2.44. The predicted octanol–water partition coefficient (Wildman–Crippen LogP) is 4.94. The second-order valence-corrected chi connectivity index (χ2v) is 13.6. The van der Waals surface area contributed by atoms with Crippen LogP contribution in [0.2, 0.25) is 0 Å². The van der Waals surface area contributed by atoms with Gasteiger partial charge >= 0.3 is 0 Å². The number of hydrogen-bond donors (Lipinski definition) is 4. The zero-order valence-electron chi connectivity index (χ0n) is 26.1. The van der Waals surface area contributed by atoms with Gasteiger partial charge in [0.1, 0.15) is 11.6 Å². The van der Waals surface area contributed by atoms with Crippen molar-refractivity contribution in [1.29, 1.82) is 0 Å². The average Bonchev–Trinajstić information content (AvgIpc) is 3.83. The molecular weight excluding hydrogens is 576 g/mol. The standard InChI is InChI=1S/C36H42N8O2/c37-31(25-13-14-25)35(45)43-17-1-3-29(43)33-39-19-27(41-33)23-9-5-21(6-10-23)22-7-11-24(12-8-22)28-20-40-34(42-28)30-4-2-18-44(30)36(46)32(38)26-15-16-26/h5-12,19-20,25-26,29-32H,1-4,13-18,37-38H2,(H,39,41)(H,40,42)/t29-,30-,31-,32-/m0/s1. The van der Waals surface area contributed by atoms with Crippen LogP contribution in [0.4, 0.5) is 0 Å². The highest BCUT2D eigenvalue weighted by Gasteiger charge is 2.41. The third kappa shape index (κ3) is 5.54. The molecule has 4 atom stereocenters. The molecule has 6 N–H and O–H groups in total. The van der Waals surface area contributed by atoms with Gasteiger partial charge in [0.2, 0.25) is 11.8 Å². The number of amides is 2. The van der Waals surface area contributed by atoms with Crippen LogP contribution in [0.1, 0.15) is 75.1 Å². The summed E-state index contributed by atoms with van der Waals surface area (Å²) in [6.07, 6.45) is 11.7. The Labute approximate surface area is 269 Å². The number of nitrogens with two attached hydrogens (primary N) is 2. The molecule has 4 fully saturated rings. The molecule has 0 spiro atoms. The Kier molecular flexibility index (Phi) is 7.49. The van der Waals surface area contributed by atoms with Crippen molar-refractivity contribution >= 4 is 11.8 Å². The highest BCUT2D eigenvalue weighted by atomic mass is 16.2. The van der Waals surface area contributed by atoms with E-state index in [1.165, 1.54) is 0 Å². The summed E-state index contributed by atoms with van der Waals surface area (Å²) in [5.41, 5.74) is 18.7. The summed E-state index contributed by atoms with van der Waals surface area (Å²) in [6, 6.07) is 16.0. The van der Waals surface area contributed by atoms with E-state index >= 15 is 0 Å². The molecule has 10 heteroatoms. The summed E-state index contributed by atoms with van der Waals surface area (Å²) < 4.78 is 0. The number of carbonyl (C=O) groups excluding carboxylic acids is 2. The number of nitrogens with one attached hydrogen (secondary N) is 2. The fourth-order valence-corrected chi connectivity index (χ4v) is 7.32. The summed E-state index contributed by atoms with van der Waals surface area (Å²) in [6.45, 7) is 1.48. The number of imidazole rings is 2. The Hall–Kier alpha value is -4.28. The molecule has 2 aromatic carbocycles. The van der Waals surface area contributed by atoms with E-state index in [4.69, 9.17) is 11.5 Å². The third-order valence-electron chi connectivity index (χ3n) is 10.4. The monoisotopic (exact) mass is 618 g/mol. The molecule has 8 rings (SSSR count). The van der Waals surface area contributed by atoms with Gasteiger partial charge < -0.3 is 31.2 Å². The van der Waals surface area contributed by atoms with Gasteiger partial charge in [-0.15, -0.1) is 0 Å². The second-order valence-electron chi connectivity index (χ2n) is 13.6. The van der Waals surface area contributed by atoms with Crippen molar-refractivity contribution in [2.45, 2.75) is 75.5 Å². The largest absolute Gasteiger partial charge is 0.340 e. The molecule has 46 heavy (non-hydrogen) atoms. The van der Waals surface area contributed by atoms with Gasteiger partial charge in [0.15, 0.2) is 0 Å². The second kappa shape index (κ2) is 11.8. The first-order valence-corrected chi connectivity index (χ1v) is 16.9. The Morgan fingerprint density at radius 3 is 1.35 bits per heavy atom. The van der Waals surface area contributed by atoms with E-state index in [-0.39, 0.29) is 36.0 Å². The minimum absolute atomic E-state index is 0.0417. The van der Waals surface area contributed by atoms with E-state index in [9.17, 15) is 9.59 Å². The fourth-order valence-electron chi connectivity index (χ4n) is 7.32. The molecular formula is C36H42N8O2. The lowest BCUT2D eigenvalue weighted by Gasteiger charge is -2.26. The molecule has 238 valence electrons. The Bertz CT molecular complexity index is 1590. The third-order valence-corrected chi connectivity index (χ3v) is 10.4. The van der Waals surface area contributed by atoms with Crippen molar-refractivity contribution in [3.63, 3.8) is 0 Å². The van der Waals surface area contributed by atoms with Crippen molar-refractivity contribution in [3.05, 3.63) is 72.6 Å². The Morgan fingerprint density at radius 2 is 0.978 bits per heavy atom. The maximum Gasteiger partial charge on any atom is 0.240 e. The van der Waals surface area contributed by atoms with E-state index in [0.717, 1.165) is 110 Å². The van der Waals surface area contributed by atoms with Crippen LogP contribution in [0.25, 0.3) is 33.6 Å². The molecule has 4 aromatic rings. The van der Waals surface area contributed by atoms with E-state index in [1.54, 1.807) is 0 Å². The number of likely N-dealkylation sites (tertiary alicyclic amines) is 2. The summed E-state index contributed by atoms with van der Waals surface area (Å²) in [5.74, 6) is 2.48. The van der Waals surface area contributed by atoms with E-state index in [2.05, 4.69) is 68.5 Å². The zero-order valence-corrected chi connectivity index (χ0v) is 26.1. The number of aromatic nitrogens is 4. The number of nitrogens with zero attached hydrogens (tertiary/aromatic N) is 4. The molecule has 0 bridgehead atoms. The van der Waals surface area contributed by atoms with Gasteiger partial charge in [0, 0.05) is 13.1 Å². The van der Waals surface area contributed by atoms with Gasteiger partial charge in [0.05, 0.1) is 47.9 Å². The van der Waals surface area contributed by atoms with Crippen LogP contribution >= 0.6 is 0 Å². The first-order valence-electron chi connectivity index (χ1n) is 16.9. The summed E-state index contributed by atoms with van der Waals surface area (Å²) in [7, 11) is 0. The van der Waals surface area contributed by atoms with Crippen LogP contribution in [0, 0.1) is 11.8 Å². The van der Waals surface area contributed by atoms with Gasteiger partial charge in [-0.2, -0.15) is 0 Å².